The second kappa shape index (κ2) is 3.92. The maximum atomic E-state index is 5.61. The Bertz CT molecular complexity index is 184. The van der Waals surface area contributed by atoms with Crippen LogP contribution in [0.2, 0.25) is 9.26 Å². The van der Waals surface area contributed by atoms with Crippen LogP contribution >= 0.6 is 0 Å². The minimum atomic E-state index is -1.38. The van der Waals surface area contributed by atoms with Gasteiger partial charge >= 0.3 is 70.3 Å². The molecule has 0 aliphatic carbocycles. The van der Waals surface area contributed by atoms with Gasteiger partial charge in [0.25, 0.3) is 0 Å². The van der Waals surface area contributed by atoms with Crippen LogP contribution in [0.3, 0.4) is 0 Å². The Morgan fingerprint density at radius 1 is 1.10 bits per heavy atom. The Balaban J connectivity index is 2.59. The molecule has 0 fully saturated rings. The van der Waals surface area contributed by atoms with Crippen molar-refractivity contribution in [2.45, 2.75) is 9.26 Å². The molecule has 10 heavy (non-hydrogen) atoms. The summed E-state index contributed by atoms with van der Waals surface area (Å²) in [6, 6.07) is 10.0. The molecular weight excluding hydrogens is 203 g/mol. The quantitative estimate of drug-likeness (QED) is 0.735. The molecule has 2 heteroatoms. The molecule has 0 N–H and O–H groups in total. The third-order valence-corrected chi connectivity index (χ3v) is 2.65. The Morgan fingerprint density at radius 3 is 2.20 bits per heavy atom. The van der Waals surface area contributed by atoms with E-state index in [1.165, 1.54) is 0 Å². The van der Waals surface area contributed by atoms with E-state index in [0.29, 0.717) is 0 Å². The van der Waals surface area contributed by atoms with Crippen molar-refractivity contribution in [2.24, 2.45) is 0 Å². The van der Waals surface area contributed by atoms with E-state index in [4.69, 9.17) is 2.81 Å². The summed E-state index contributed by atoms with van der Waals surface area (Å²) in [5.41, 5.74) is 0. The monoisotopic (exact) mass is 213 g/mol. The summed E-state index contributed by atoms with van der Waals surface area (Å²) in [5, 5.41) is 0. The summed E-state index contributed by atoms with van der Waals surface area (Å²) in [7, 11) is 0. The van der Waals surface area contributed by atoms with Crippen LogP contribution < -0.4 is 2.81 Å². The molecule has 0 aliphatic heterocycles. The van der Waals surface area contributed by atoms with Crippen LogP contribution in [0.5, 0.6) is 5.75 Å². The van der Waals surface area contributed by atoms with E-state index in [2.05, 4.69) is 9.26 Å². The van der Waals surface area contributed by atoms with Crippen LogP contribution in [0.25, 0.3) is 0 Å². The van der Waals surface area contributed by atoms with Crippen LogP contribution in [0.1, 0.15) is 0 Å². The van der Waals surface area contributed by atoms with Crippen LogP contribution in [0.4, 0.5) is 0 Å². The van der Waals surface area contributed by atoms with Crippen molar-refractivity contribution in [1.82, 2.24) is 0 Å². The number of benzene rings is 1. The van der Waals surface area contributed by atoms with Gasteiger partial charge in [0.05, 0.1) is 0 Å². The van der Waals surface area contributed by atoms with E-state index >= 15 is 0 Å². The molecule has 53 valence electrons. The van der Waals surface area contributed by atoms with Gasteiger partial charge in [0, 0.05) is 0 Å². The average Bonchev–Trinajstić information content (AvgIpc) is 1.88. The first-order valence-corrected chi connectivity index (χ1v) is 9.24. The molecule has 0 unspecified atom stereocenters. The standard InChI is InChI=1S/C6H6O.2CH3.Zr/c7-6-4-2-1-3-5-6;;;/h1-5,7H;2*1H3;/q;;;+1/p-1. The molecule has 0 heterocycles. The van der Waals surface area contributed by atoms with E-state index in [9.17, 15) is 0 Å². The number of hydrogen-bond donors (Lipinski definition) is 0. The van der Waals surface area contributed by atoms with Gasteiger partial charge in [-0.05, 0) is 0 Å². The van der Waals surface area contributed by atoms with Crippen molar-refractivity contribution in [3.05, 3.63) is 30.3 Å². The fraction of sp³-hybridized carbons (Fsp3) is 0.250. The molecule has 0 radical (unpaired) electrons. The van der Waals surface area contributed by atoms with Gasteiger partial charge in [-0.2, -0.15) is 0 Å². The predicted octanol–water partition coefficient (Wildman–Crippen LogP) is 2.69. The molecule has 1 aromatic rings. The van der Waals surface area contributed by atoms with E-state index in [-0.39, 0.29) is 0 Å². The topological polar surface area (TPSA) is 9.23 Å². The molecule has 1 rings (SSSR count). The van der Waals surface area contributed by atoms with Crippen LogP contribution in [0.15, 0.2) is 30.3 Å². The van der Waals surface area contributed by atoms with Crippen LogP contribution in [-0.4, -0.2) is 0 Å². The minimum absolute atomic E-state index is 1.03. The number of para-hydroxylation sites is 1. The molecular formula is C8H11OZr. The fourth-order valence-corrected chi connectivity index (χ4v) is 2.22. The second-order valence-corrected chi connectivity index (χ2v) is 7.29. The van der Waals surface area contributed by atoms with Gasteiger partial charge in [-0.25, -0.2) is 0 Å². The zero-order valence-corrected chi connectivity index (χ0v) is 8.75. The Labute approximate surface area is 70.3 Å². The first kappa shape index (κ1) is 8.00. The fourth-order valence-electron chi connectivity index (χ4n) is 0.724. The van der Waals surface area contributed by atoms with Crippen molar-refractivity contribution < 1.29 is 25.0 Å². The average molecular weight is 214 g/mol. The zero-order chi connectivity index (χ0) is 7.40. The van der Waals surface area contributed by atoms with Crippen molar-refractivity contribution in [2.75, 3.05) is 0 Å². The second-order valence-electron chi connectivity index (χ2n) is 2.32. The molecule has 0 aromatic heterocycles. The third-order valence-electron chi connectivity index (χ3n) is 1.07. The zero-order valence-electron chi connectivity index (χ0n) is 6.29. The summed E-state index contributed by atoms with van der Waals surface area (Å²) in [4.78, 5) is 0. The van der Waals surface area contributed by atoms with Gasteiger partial charge in [-0.15, -0.1) is 0 Å². The summed E-state index contributed by atoms with van der Waals surface area (Å²) in [6.07, 6.45) is 0. The molecule has 0 spiro atoms. The first-order chi connectivity index (χ1) is 4.79. The summed E-state index contributed by atoms with van der Waals surface area (Å²) < 4.78 is 10.0. The maximum absolute atomic E-state index is 5.61. The van der Waals surface area contributed by atoms with Gasteiger partial charge in [0.15, 0.2) is 0 Å². The molecule has 0 atom stereocenters. The molecule has 0 aliphatic rings. The van der Waals surface area contributed by atoms with Gasteiger partial charge in [0.1, 0.15) is 0 Å². The summed E-state index contributed by atoms with van der Waals surface area (Å²) in [5.74, 6) is 1.03. The molecule has 1 aromatic carbocycles. The van der Waals surface area contributed by atoms with Gasteiger partial charge < -0.3 is 0 Å². The Hall–Kier alpha value is -0.0969. The van der Waals surface area contributed by atoms with Crippen LogP contribution in [0, 0.1) is 0 Å². The van der Waals surface area contributed by atoms with Crippen molar-refractivity contribution in [1.29, 1.82) is 0 Å². The molecule has 0 amide bonds. The molecule has 1 nitrogen and oxygen atoms in total. The van der Waals surface area contributed by atoms with E-state index < -0.39 is 22.2 Å². The third kappa shape index (κ3) is 2.66. The Morgan fingerprint density at radius 2 is 1.70 bits per heavy atom. The predicted molar refractivity (Wildman–Crippen MR) is 38.8 cm³/mol. The van der Waals surface area contributed by atoms with Gasteiger partial charge in [-0.3, -0.25) is 0 Å². The SMILES string of the molecule is [CH3][Zr]([CH3])[O]c1ccccc1. The summed E-state index contributed by atoms with van der Waals surface area (Å²) >= 11 is -1.38. The van der Waals surface area contributed by atoms with Gasteiger partial charge in [0.2, 0.25) is 0 Å². The van der Waals surface area contributed by atoms with Crippen LogP contribution in [-0.2, 0) is 22.2 Å². The van der Waals surface area contributed by atoms with Crippen molar-refractivity contribution >= 4 is 0 Å². The van der Waals surface area contributed by atoms with E-state index in [0.717, 1.165) is 5.75 Å². The normalized spacial score (nSPS) is 9.00. The molecule has 0 bridgehead atoms. The van der Waals surface area contributed by atoms with Gasteiger partial charge in [-0.1, -0.05) is 0 Å². The van der Waals surface area contributed by atoms with E-state index in [1.54, 1.807) is 0 Å². The number of hydrogen-bond acceptors (Lipinski definition) is 1. The number of rotatable bonds is 2. The first-order valence-electron chi connectivity index (χ1n) is 3.32. The Kier molecular flexibility index (Phi) is 3.14. The van der Waals surface area contributed by atoms with Crippen molar-refractivity contribution in [3.8, 4) is 5.75 Å². The molecule has 0 saturated carbocycles. The summed E-state index contributed by atoms with van der Waals surface area (Å²) in [6.45, 7) is 0. The van der Waals surface area contributed by atoms with E-state index in [1.807, 2.05) is 30.3 Å². The van der Waals surface area contributed by atoms with Crippen molar-refractivity contribution in [3.63, 3.8) is 0 Å². The molecule has 0 saturated heterocycles.